The lowest BCUT2D eigenvalue weighted by molar-refractivity contribution is 0.214. The fourth-order valence-corrected chi connectivity index (χ4v) is 0.639. The van der Waals surface area contributed by atoms with Crippen LogP contribution in [0.5, 0.6) is 0 Å². The van der Waals surface area contributed by atoms with Gasteiger partial charge in [-0.1, -0.05) is 5.16 Å². The van der Waals surface area contributed by atoms with E-state index in [0.29, 0.717) is 0 Å². The van der Waals surface area contributed by atoms with E-state index in [1.165, 1.54) is 0 Å². The third-order valence-electron chi connectivity index (χ3n) is 0.631. The molecule has 0 fully saturated rings. The minimum Gasteiger partial charge on any atom is -0.399 e. The first-order valence-electron chi connectivity index (χ1n) is 2.45. The molecule has 0 atom stereocenters. The zero-order valence-corrected chi connectivity index (χ0v) is 6.07. The smallest absolute Gasteiger partial charge is 0.106 e. The summed E-state index contributed by atoms with van der Waals surface area (Å²) in [6.07, 6.45) is 4.84. The number of oxime groups is 1. The van der Waals surface area contributed by atoms with E-state index >= 15 is 0 Å². The highest BCUT2D eigenvalue weighted by molar-refractivity contribution is 7.98. The van der Waals surface area contributed by atoms with Gasteiger partial charge in [0, 0.05) is 6.21 Å². The van der Waals surface area contributed by atoms with E-state index in [2.05, 4.69) is 16.2 Å². The third kappa shape index (κ3) is 5.82. The quantitative estimate of drug-likeness (QED) is 0.328. The molecule has 0 rings (SSSR count). The molecule has 0 N–H and O–H groups in total. The Kier molecular flexibility index (Phi) is 6.67. The highest BCUT2D eigenvalue weighted by Crippen LogP contribution is 1.91. The molecule has 3 heteroatoms. The van der Waals surface area contributed by atoms with Crippen LogP contribution in [0.3, 0.4) is 0 Å². The second-order valence-corrected chi connectivity index (χ2v) is 2.24. The minimum absolute atomic E-state index is 0.995. The van der Waals surface area contributed by atoms with Crippen LogP contribution in [-0.2, 0) is 4.84 Å². The fourth-order valence-electron chi connectivity index (χ4n) is 0.298. The summed E-state index contributed by atoms with van der Waals surface area (Å²) in [5, 5.41) is 3.57. The predicted octanol–water partition coefficient (Wildman–Crippen LogP) is 1.37. The average Bonchev–Trinajstić information content (AvgIpc) is 1.81. The van der Waals surface area contributed by atoms with Gasteiger partial charge in [0.1, 0.15) is 7.11 Å². The summed E-state index contributed by atoms with van der Waals surface area (Å²) in [7, 11) is 1.55. The molecule has 0 bridgehead atoms. The van der Waals surface area contributed by atoms with Crippen LogP contribution in [0.25, 0.3) is 0 Å². The van der Waals surface area contributed by atoms with Crippen molar-refractivity contribution in [2.24, 2.45) is 5.16 Å². The van der Waals surface area contributed by atoms with Gasteiger partial charge in [-0.3, -0.25) is 0 Å². The van der Waals surface area contributed by atoms with Crippen molar-refractivity contribution >= 4 is 18.0 Å². The monoisotopic (exact) mass is 133 g/mol. The van der Waals surface area contributed by atoms with E-state index in [1.807, 2.05) is 0 Å². The molecular formula is C5H11NOS. The fraction of sp³-hybridized carbons (Fsp3) is 0.800. The van der Waals surface area contributed by atoms with E-state index in [9.17, 15) is 0 Å². The van der Waals surface area contributed by atoms with Crippen molar-refractivity contribution in [3.63, 3.8) is 0 Å². The summed E-state index contributed by atoms with van der Waals surface area (Å²) in [4.78, 5) is 4.45. The van der Waals surface area contributed by atoms with Crippen molar-refractivity contribution in [3.05, 3.63) is 0 Å². The highest BCUT2D eigenvalue weighted by atomic mass is 32.2. The van der Waals surface area contributed by atoms with Crippen LogP contribution in [-0.4, -0.2) is 25.3 Å². The molecule has 0 aliphatic heterocycles. The molecule has 0 saturated carbocycles. The topological polar surface area (TPSA) is 21.6 Å². The molecule has 0 spiro atoms. The van der Waals surface area contributed by atoms with E-state index in [4.69, 9.17) is 0 Å². The van der Waals surface area contributed by atoms with Gasteiger partial charge in [-0.05, 0) is 18.4 Å². The van der Waals surface area contributed by atoms with Gasteiger partial charge in [0.15, 0.2) is 0 Å². The number of rotatable bonds is 4. The number of thioether (sulfide) groups is 1. The van der Waals surface area contributed by atoms with Crippen molar-refractivity contribution in [1.29, 1.82) is 0 Å². The number of nitrogens with zero attached hydrogens (tertiary/aromatic N) is 1. The third-order valence-corrected chi connectivity index (χ3v) is 1.27. The van der Waals surface area contributed by atoms with Crippen molar-refractivity contribution in [1.82, 2.24) is 0 Å². The Labute approximate surface area is 54.3 Å². The molecule has 0 aromatic carbocycles. The Morgan fingerprint density at radius 2 is 2.50 bits per heavy atom. The SMILES string of the molecule is CON=CCCSC. The summed E-state index contributed by atoms with van der Waals surface area (Å²) in [6.45, 7) is 0. The van der Waals surface area contributed by atoms with Gasteiger partial charge >= 0.3 is 0 Å². The molecule has 8 heavy (non-hydrogen) atoms. The normalized spacial score (nSPS) is 10.2. The lowest BCUT2D eigenvalue weighted by Gasteiger charge is -1.86. The van der Waals surface area contributed by atoms with E-state index < -0.39 is 0 Å². The lowest BCUT2D eigenvalue weighted by atomic mass is 10.5. The van der Waals surface area contributed by atoms with Crippen molar-refractivity contribution in [2.45, 2.75) is 6.42 Å². The standard InChI is InChI=1S/C5H11NOS/c1-7-6-4-3-5-8-2/h4H,3,5H2,1-2H3. The average molecular weight is 133 g/mol. The second kappa shape index (κ2) is 6.82. The van der Waals surface area contributed by atoms with Gasteiger partial charge in [-0.25, -0.2) is 0 Å². The Hall–Kier alpha value is -0.180. The molecule has 0 saturated heterocycles. The summed E-state index contributed by atoms with van der Waals surface area (Å²) in [5.41, 5.74) is 0. The number of hydrogen-bond acceptors (Lipinski definition) is 3. The Morgan fingerprint density at radius 3 is 3.00 bits per heavy atom. The molecule has 0 unspecified atom stereocenters. The van der Waals surface area contributed by atoms with Crippen LogP contribution in [0.15, 0.2) is 5.16 Å². The van der Waals surface area contributed by atoms with E-state index in [0.717, 1.165) is 12.2 Å². The molecule has 0 aliphatic carbocycles. The van der Waals surface area contributed by atoms with Crippen LogP contribution in [0, 0.1) is 0 Å². The molecule has 2 nitrogen and oxygen atoms in total. The maximum atomic E-state index is 4.45. The van der Waals surface area contributed by atoms with Crippen LogP contribution < -0.4 is 0 Å². The molecule has 0 aromatic heterocycles. The molecular weight excluding hydrogens is 122 g/mol. The zero-order valence-electron chi connectivity index (χ0n) is 5.26. The van der Waals surface area contributed by atoms with Gasteiger partial charge in [-0.15, -0.1) is 0 Å². The molecule has 0 heterocycles. The Balaban J connectivity index is 2.80. The van der Waals surface area contributed by atoms with Crippen LogP contribution in [0.2, 0.25) is 0 Å². The summed E-state index contributed by atoms with van der Waals surface area (Å²) in [5.74, 6) is 1.12. The maximum absolute atomic E-state index is 4.45. The Morgan fingerprint density at radius 1 is 1.75 bits per heavy atom. The van der Waals surface area contributed by atoms with Crippen LogP contribution in [0.1, 0.15) is 6.42 Å². The van der Waals surface area contributed by atoms with Crippen molar-refractivity contribution in [2.75, 3.05) is 19.1 Å². The Bertz CT molecular complexity index is 65.4. The van der Waals surface area contributed by atoms with Crippen LogP contribution >= 0.6 is 11.8 Å². The van der Waals surface area contributed by atoms with Gasteiger partial charge in [0.05, 0.1) is 0 Å². The van der Waals surface area contributed by atoms with Crippen molar-refractivity contribution in [3.8, 4) is 0 Å². The highest BCUT2D eigenvalue weighted by Gasteiger charge is 1.76. The maximum Gasteiger partial charge on any atom is 0.106 e. The largest absolute Gasteiger partial charge is 0.399 e. The summed E-state index contributed by atoms with van der Waals surface area (Å²) in [6, 6.07) is 0. The molecule has 0 radical (unpaired) electrons. The van der Waals surface area contributed by atoms with E-state index in [1.54, 1.807) is 25.1 Å². The molecule has 0 aliphatic rings. The summed E-state index contributed by atoms with van der Waals surface area (Å²) < 4.78 is 0. The van der Waals surface area contributed by atoms with Gasteiger partial charge < -0.3 is 4.84 Å². The molecule has 0 amide bonds. The number of hydrogen-bond donors (Lipinski definition) is 0. The predicted molar refractivity (Wildman–Crippen MR) is 38.5 cm³/mol. The first-order chi connectivity index (χ1) is 3.91. The van der Waals surface area contributed by atoms with Gasteiger partial charge in [-0.2, -0.15) is 11.8 Å². The lowest BCUT2D eigenvalue weighted by Crippen LogP contribution is -1.79. The zero-order chi connectivity index (χ0) is 6.24. The molecule has 48 valence electrons. The van der Waals surface area contributed by atoms with Gasteiger partial charge in [0.2, 0.25) is 0 Å². The van der Waals surface area contributed by atoms with Crippen molar-refractivity contribution < 1.29 is 4.84 Å². The van der Waals surface area contributed by atoms with E-state index in [-0.39, 0.29) is 0 Å². The first kappa shape index (κ1) is 7.82. The summed E-state index contributed by atoms with van der Waals surface area (Å²) >= 11 is 1.81. The molecule has 0 aromatic rings. The van der Waals surface area contributed by atoms with Crippen LogP contribution in [0.4, 0.5) is 0 Å². The first-order valence-corrected chi connectivity index (χ1v) is 3.85. The van der Waals surface area contributed by atoms with Gasteiger partial charge in [0.25, 0.3) is 0 Å². The second-order valence-electron chi connectivity index (χ2n) is 1.25. The minimum atomic E-state index is 0.995.